The number of nitrogens with zero attached hydrogens (tertiary/aromatic N) is 1. The maximum Gasteiger partial charge on any atom is 0.173 e. The normalized spacial score (nSPS) is 14.6. The molecule has 0 atom stereocenters. The van der Waals surface area contributed by atoms with Crippen LogP contribution in [0, 0.1) is 11.6 Å². The van der Waals surface area contributed by atoms with Crippen molar-refractivity contribution in [1.82, 2.24) is 4.90 Å². The van der Waals surface area contributed by atoms with Gasteiger partial charge in [0.1, 0.15) is 11.6 Å². The van der Waals surface area contributed by atoms with Gasteiger partial charge in [-0.2, -0.15) is 0 Å². The second kappa shape index (κ2) is 7.71. The fourth-order valence-electron chi connectivity index (χ4n) is 3.10. The molecule has 0 aliphatic heterocycles. The molecule has 1 N–H and O–H groups in total. The van der Waals surface area contributed by atoms with Gasteiger partial charge in [-0.15, -0.1) is 0 Å². The molecule has 1 aliphatic rings. The largest absolute Gasteiger partial charge is 0.342 e. The fourth-order valence-corrected chi connectivity index (χ4v) is 3.43. The Kier molecular flexibility index (Phi) is 5.41. The van der Waals surface area contributed by atoms with Gasteiger partial charge in [0.05, 0.1) is 0 Å². The number of benzene rings is 2. The maximum atomic E-state index is 13.1. The van der Waals surface area contributed by atoms with Crippen LogP contribution in [0.4, 0.5) is 14.5 Å². The lowest BCUT2D eigenvalue weighted by Crippen LogP contribution is -2.40. The third-order valence-corrected chi connectivity index (χ3v) is 4.72. The maximum absolute atomic E-state index is 13.1. The van der Waals surface area contributed by atoms with Crippen LogP contribution >= 0.6 is 12.2 Å². The van der Waals surface area contributed by atoms with Crippen molar-refractivity contribution in [3.05, 3.63) is 65.7 Å². The average molecular weight is 346 g/mol. The summed E-state index contributed by atoms with van der Waals surface area (Å²) in [7, 11) is 0. The van der Waals surface area contributed by atoms with Crippen molar-refractivity contribution in [1.29, 1.82) is 0 Å². The van der Waals surface area contributed by atoms with Crippen LogP contribution < -0.4 is 5.32 Å². The Morgan fingerprint density at radius 1 is 0.958 bits per heavy atom. The highest BCUT2D eigenvalue weighted by Crippen LogP contribution is 2.26. The predicted octanol–water partition coefficient (Wildman–Crippen LogP) is 5.11. The lowest BCUT2D eigenvalue weighted by Gasteiger charge is -2.32. The van der Waals surface area contributed by atoms with E-state index in [1.54, 1.807) is 24.3 Å². The van der Waals surface area contributed by atoms with Gasteiger partial charge in [0.15, 0.2) is 5.11 Å². The van der Waals surface area contributed by atoms with Crippen molar-refractivity contribution in [3.63, 3.8) is 0 Å². The van der Waals surface area contributed by atoms with Crippen LogP contribution in [0.5, 0.6) is 0 Å². The molecule has 3 rings (SSSR count). The third-order valence-electron chi connectivity index (χ3n) is 4.39. The Bertz CT molecular complexity index is 680. The van der Waals surface area contributed by atoms with Crippen LogP contribution in [-0.4, -0.2) is 16.1 Å². The molecule has 0 amide bonds. The van der Waals surface area contributed by atoms with Crippen molar-refractivity contribution >= 4 is 23.0 Å². The molecule has 1 fully saturated rings. The Morgan fingerprint density at radius 3 is 2.08 bits per heavy atom. The van der Waals surface area contributed by atoms with Gasteiger partial charge in [0.25, 0.3) is 0 Å². The number of anilines is 1. The summed E-state index contributed by atoms with van der Waals surface area (Å²) >= 11 is 5.60. The molecule has 24 heavy (non-hydrogen) atoms. The minimum atomic E-state index is -0.273. The summed E-state index contributed by atoms with van der Waals surface area (Å²) in [6, 6.07) is 13.1. The zero-order valence-corrected chi connectivity index (χ0v) is 14.2. The van der Waals surface area contributed by atoms with Gasteiger partial charge in [-0.3, -0.25) is 0 Å². The molecule has 2 aromatic carbocycles. The van der Waals surface area contributed by atoms with E-state index in [1.807, 2.05) is 0 Å². The van der Waals surface area contributed by atoms with Crippen LogP contribution in [0.25, 0.3) is 0 Å². The van der Waals surface area contributed by atoms with Crippen molar-refractivity contribution in [2.45, 2.75) is 38.3 Å². The molecule has 1 saturated carbocycles. The van der Waals surface area contributed by atoms with E-state index in [2.05, 4.69) is 10.2 Å². The van der Waals surface area contributed by atoms with E-state index in [0.29, 0.717) is 17.7 Å². The molecule has 0 heterocycles. The van der Waals surface area contributed by atoms with Gasteiger partial charge in [-0.1, -0.05) is 25.0 Å². The van der Waals surface area contributed by atoms with Gasteiger partial charge >= 0.3 is 0 Å². The van der Waals surface area contributed by atoms with E-state index in [4.69, 9.17) is 12.2 Å². The second-order valence-electron chi connectivity index (χ2n) is 6.13. The minimum Gasteiger partial charge on any atom is -0.342 e. The molecular weight excluding hydrogens is 326 g/mol. The molecule has 5 heteroatoms. The lowest BCUT2D eigenvalue weighted by atomic mass is 10.1. The van der Waals surface area contributed by atoms with Gasteiger partial charge in [-0.05, 0) is 67.0 Å². The van der Waals surface area contributed by atoms with Crippen LogP contribution in [-0.2, 0) is 6.54 Å². The predicted molar refractivity (Wildman–Crippen MR) is 96.8 cm³/mol. The summed E-state index contributed by atoms with van der Waals surface area (Å²) in [6.07, 6.45) is 4.60. The zero-order chi connectivity index (χ0) is 16.9. The summed E-state index contributed by atoms with van der Waals surface area (Å²) in [4.78, 5) is 2.17. The van der Waals surface area contributed by atoms with Crippen molar-refractivity contribution in [3.8, 4) is 0 Å². The van der Waals surface area contributed by atoms with Gasteiger partial charge in [0.2, 0.25) is 0 Å². The summed E-state index contributed by atoms with van der Waals surface area (Å²) in [6.45, 7) is 0.637. The van der Waals surface area contributed by atoms with Crippen LogP contribution in [0.1, 0.15) is 31.2 Å². The van der Waals surface area contributed by atoms with Crippen molar-refractivity contribution < 1.29 is 8.78 Å². The molecular formula is C19H20F2N2S. The molecule has 1 aliphatic carbocycles. The summed E-state index contributed by atoms with van der Waals surface area (Å²) in [5.74, 6) is -0.511. The zero-order valence-electron chi connectivity index (χ0n) is 13.3. The third kappa shape index (κ3) is 4.29. The summed E-state index contributed by atoms with van der Waals surface area (Å²) < 4.78 is 26.2. The average Bonchev–Trinajstić information content (AvgIpc) is 3.10. The van der Waals surface area contributed by atoms with E-state index in [9.17, 15) is 8.78 Å². The van der Waals surface area contributed by atoms with Crippen LogP contribution in [0.15, 0.2) is 48.5 Å². The minimum absolute atomic E-state index is 0.238. The van der Waals surface area contributed by atoms with E-state index in [0.717, 1.165) is 24.1 Å². The number of halogens is 2. The van der Waals surface area contributed by atoms with Gasteiger partial charge in [0, 0.05) is 18.3 Å². The highest BCUT2D eigenvalue weighted by Gasteiger charge is 2.24. The van der Waals surface area contributed by atoms with Gasteiger partial charge in [-0.25, -0.2) is 8.78 Å². The molecule has 0 saturated heterocycles. The van der Waals surface area contributed by atoms with Crippen molar-refractivity contribution in [2.24, 2.45) is 0 Å². The van der Waals surface area contributed by atoms with Crippen LogP contribution in [0.3, 0.4) is 0 Å². The Hall–Kier alpha value is -2.01. The first-order chi connectivity index (χ1) is 11.6. The highest BCUT2D eigenvalue weighted by atomic mass is 32.1. The van der Waals surface area contributed by atoms with Crippen LogP contribution in [0.2, 0.25) is 0 Å². The SMILES string of the molecule is Fc1ccc(CN(C(=S)Nc2ccc(F)cc2)C2CCCC2)cc1. The first kappa shape index (κ1) is 16.8. The van der Waals surface area contributed by atoms with Crippen molar-refractivity contribution in [2.75, 3.05) is 5.32 Å². The smallest absolute Gasteiger partial charge is 0.173 e. The summed E-state index contributed by atoms with van der Waals surface area (Å²) in [5.41, 5.74) is 1.79. The number of nitrogens with one attached hydrogen (secondary N) is 1. The molecule has 2 aromatic rings. The Morgan fingerprint density at radius 2 is 1.50 bits per heavy atom. The highest BCUT2D eigenvalue weighted by molar-refractivity contribution is 7.80. The molecule has 2 nitrogen and oxygen atoms in total. The number of hydrogen-bond donors (Lipinski definition) is 1. The fraction of sp³-hybridized carbons (Fsp3) is 0.316. The lowest BCUT2D eigenvalue weighted by molar-refractivity contribution is 0.312. The summed E-state index contributed by atoms with van der Waals surface area (Å²) in [5, 5.41) is 3.82. The second-order valence-corrected chi connectivity index (χ2v) is 6.52. The number of thiocarbonyl (C=S) groups is 1. The molecule has 0 spiro atoms. The molecule has 0 aromatic heterocycles. The van der Waals surface area contributed by atoms with E-state index >= 15 is 0 Å². The van der Waals surface area contributed by atoms with E-state index in [-0.39, 0.29) is 11.6 Å². The molecule has 0 bridgehead atoms. The molecule has 0 unspecified atom stereocenters. The Balaban J connectivity index is 1.74. The monoisotopic (exact) mass is 346 g/mol. The quantitative estimate of drug-likeness (QED) is 0.775. The molecule has 0 radical (unpaired) electrons. The van der Waals surface area contributed by atoms with E-state index < -0.39 is 0 Å². The first-order valence-electron chi connectivity index (χ1n) is 8.19. The standard InChI is InChI=1S/C19H20F2N2S/c20-15-7-5-14(6-8-15)13-23(18-3-1-2-4-18)19(24)22-17-11-9-16(21)10-12-17/h5-12,18H,1-4,13H2,(H,22,24). The first-order valence-corrected chi connectivity index (χ1v) is 8.60. The topological polar surface area (TPSA) is 15.3 Å². The van der Waals surface area contributed by atoms with Gasteiger partial charge < -0.3 is 10.2 Å². The Labute approximate surface area is 146 Å². The number of hydrogen-bond acceptors (Lipinski definition) is 1. The molecule has 126 valence electrons. The van der Waals surface area contributed by atoms with E-state index in [1.165, 1.54) is 37.1 Å². The number of rotatable bonds is 4.